The summed E-state index contributed by atoms with van der Waals surface area (Å²) in [6.45, 7) is 2.82. The van der Waals surface area contributed by atoms with Gasteiger partial charge in [-0.2, -0.15) is 13.5 Å². The minimum absolute atomic E-state index is 0.00897. The smallest absolute Gasteiger partial charge is 0.351 e. The Hall–Kier alpha value is -1.92. The van der Waals surface area contributed by atoms with Crippen LogP contribution in [0.4, 0.5) is 4.79 Å². The number of carbonyl (C=O) groups is 3. The van der Waals surface area contributed by atoms with Gasteiger partial charge in [-0.3, -0.25) is 14.1 Å². The molecule has 2 N–H and O–H groups in total. The lowest BCUT2D eigenvalue weighted by Crippen LogP contribution is -2.54. The topological polar surface area (TPSA) is 137 Å². The lowest BCUT2D eigenvalue weighted by Gasteiger charge is -2.34. The molecule has 2 bridgehead atoms. The molecule has 3 aliphatic rings. The van der Waals surface area contributed by atoms with Crippen molar-refractivity contribution in [2.45, 2.75) is 50.7 Å². The summed E-state index contributed by atoms with van der Waals surface area (Å²) in [7, 11) is -4.81. The number of hydrogen-bond donors (Lipinski definition) is 2. The van der Waals surface area contributed by atoms with Crippen LogP contribution >= 0.6 is 0 Å². The minimum Gasteiger partial charge on any atom is -0.351 e. The Kier molecular flexibility index (Phi) is 5.08. The molecule has 26 heavy (non-hydrogen) atoms. The number of hydrogen-bond acceptors (Lipinski definition) is 6. The van der Waals surface area contributed by atoms with Gasteiger partial charge in [-0.25, -0.2) is 4.79 Å². The highest BCUT2D eigenvalue weighted by molar-refractivity contribution is 7.80. The van der Waals surface area contributed by atoms with Gasteiger partial charge in [0.15, 0.2) is 0 Å². The highest BCUT2D eigenvalue weighted by Gasteiger charge is 2.49. The van der Waals surface area contributed by atoms with Crippen LogP contribution in [0.25, 0.3) is 0 Å². The zero-order chi connectivity index (χ0) is 19.1. The van der Waals surface area contributed by atoms with Crippen molar-refractivity contribution in [2.75, 3.05) is 19.6 Å². The van der Waals surface area contributed by atoms with Gasteiger partial charge in [0.1, 0.15) is 6.04 Å². The van der Waals surface area contributed by atoms with Crippen LogP contribution in [-0.2, 0) is 24.3 Å². The first-order valence-corrected chi connectivity index (χ1v) is 9.85. The van der Waals surface area contributed by atoms with Crippen molar-refractivity contribution < 1.29 is 31.6 Å². The second kappa shape index (κ2) is 7.00. The molecule has 0 aromatic rings. The zero-order valence-corrected chi connectivity index (χ0v) is 15.1. The van der Waals surface area contributed by atoms with Gasteiger partial charge in [-0.15, -0.1) is 4.28 Å². The fourth-order valence-electron chi connectivity index (χ4n) is 3.74. The summed E-state index contributed by atoms with van der Waals surface area (Å²) in [4.78, 5) is 39.2. The van der Waals surface area contributed by atoms with E-state index in [4.69, 9.17) is 4.55 Å². The highest BCUT2D eigenvalue weighted by atomic mass is 32.3. The summed E-state index contributed by atoms with van der Waals surface area (Å²) in [5.74, 6) is -0.290. The molecule has 3 aliphatic heterocycles. The SMILES string of the molecule is CC(=O)N1CCC(NC(=O)C2CCC3CN2C(=O)N3OS(=O)(=O)O)CC1. The number of nitrogens with zero attached hydrogens (tertiary/aromatic N) is 3. The van der Waals surface area contributed by atoms with E-state index in [0.29, 0.717) is 43.8 Å². The first-order chi connectivity index (χ1) is 12.2. The largest absolute Gasteiger partial charge is 0.418 e. The van der Waals surface area contributed by atoms with Crippen LogP contribution < -0.4 is 5.32 Å². The van der Waals surface area contributed by atoms with E-state index in [1.165, 1.54) is 11.8 Å². The fraction of sp³-hybridized carbons (Fsp3) is 0.786. The van der Waals surface area contributed by atoms with E-state index >= 15 is 0 Å². The first kappa shape index (κ1) is 18.9. The number of piperidine rings is 2. The van der Waals surface area contributed by atoms with E-state index in [1.807, 2.05) is 0 Å². The number of carbonyl (C=O) groups excluding carboxylic acids is 3. The Balaban J connectivity index is 1.58. The second-order valence-electron chi connectivity index (χ2n) is 6.80. The van der Waals surface area contributed by atoms with Gasteiger partial charge in [0.25, 0.3) is 0 Å². The quantitative estimate of drug-likeness (QED) is 0.595. The summed E-state index contributed by atoms with van der Waals surface area (Å²) in [6, 6.07) is -2.05. The Morgan fingerprint density at radius 3 is 2.42 bits per heavy atom. The average Bonchev–Trinajstić information content (AvgIpc) is 2.79. The molecule has 0 radical (unpaired) electrons. The van der Waals surface area contributed by atoms with E-state index in [9.17, 15) is 22.8 Å². The molecule has 11 nitrogen and oxygen atoms in total. The molecule has 4 amide bonds. The van der Waals surface area contributed by atoms with Crippen LogP contribution in [0.5, 0.6) is 0 Å². The maximum Gasteiger partial charge on any atom is 0.418 e. The Bertz CT molecular complexity index is 704. The van der Waals surface area contributed by atoms with Crippen molar-refractivity contribution in [3.63, 3.8) is 0 Å². The van der Waals surface area contributed by atoms with Crippen LogP contribution in [0.3, 0.4) is 0 Å². The van der Waals surface area contributed by atoms with Crippen LogP contribution in [0.15, 0.2) is 0 Å². The molecule has 3 rings (SSSR count). The van der Waals surface area contributed by atoms with Crippen LogP contribution in [0.2, 0.25) is 0 Å². The van der Waals surface area contributed by atoms with Gasteiger partial charge in [0.05, 0.1) is 6.04 Å². The molecule has 0 aromatic heterocycles. The van der Waals surface area contributed by atoms with Crippen LogP contribution in [0.1, 0.15) is 32.6 Å². The third-order valence-electron chi connectivity index (χ3n) is 5.09. The summed E-state index contributed by atoms with van der Waals surface area (Å²) >= 11 is 0. The van der Waals surface area contributed by atoms with Gasteiger partial charge in [0.2, 0.25) is 11.8 Å². The Morgan fingerprint density at radius 1 is 1.19 bits per heavy atom. The molecule has 3 heterocycles. The molecule has 2 atom stereocenters. The summed E-state index contributed by atoms with van der Waals surface area (Å²) in [5.41, 5.74) is 0. The van der Waals surface area contributed by atoms with Crippen molar-refractivity contribution >= 4 is 28.2 Å². The Morgan fingerprint density at radius 2 is 1.85 bits per heavy atom. The van der Waals surface area contributed by atoms with Crippen molar-refractivity contribution in [2.24, 2.45) is 0 Å². The molecule has 0 aliphatic carbocycles. The van der Waals surface area contributed by atoms with E-state index in [1.54, 1.807) is 4.90 Å². The third kappa shape index (κ3) is 3.91. The molecule has 0 spiro atoms. The lowest BCUT2D eigenvalue weighted by atomic mass is 9.99. The number of likely N-dealkylation sites (tertiary alicyclic amines) is 1. The van der Waals surface area contributed by atoms with Gasteiger partial charge in [0, 0.05) is 32.6 Å². The van der Waals surface area contributed by atoms with E-state index in [2.05, 4.69) is 9.60 Å². The monoisotopic (exact) mass is 390 g/mol. The van der Waals surface area contributed by atoms with Crippen molar-refractivity contribution in [3.8, 4) is 0 Å². The predicted molar refractivity (Wildman–Crippen MR) is 86.8 cm³/mol. The van der Waals surface area contributed by atoms with Crippen molar-refractivity contribution in [1.82, 2.24) is 20.2 Å². The number of urea groups is 1. The number of fused-ring (bicyclic) bond motifs is 2. The fourth-order valence-corrected chi connectivity index (χ4v) is 4.13. The number of rotatable bonds is 4. The molecule has 12 heteroatoms. The second-order valence-corrected chi connectivity index (χ2v) is 7.80. The average molecular weight is 390 g/mol. The molecule has 3 fully saturated rings. The van der Waals surface area contributed by atoms with Crippen LogP contribution in [0, 0.1) is 0 Å². The molecule has 0 saturated carbocycles. The zero-order valence-electron chi connectivity index (χ0n) is 14.3. The third-order valence-corrected chi connectivity index (χ3v) is 5.44. The molecular weight excluding hydrogens is 368 g/mol. The summed E-state index contributed by atoms with van der Waals surface area (Å²) < 4.78 is 34.9. The van der Waals surface area contributed by atoms with Crippen molar-refractivity contribution in [3.05, 3.63) is 0 Å². The lowest BCUT2D eigenvalue weighted by molar-refractivity contribution is -0.130. The van der Waals surface area contributed by atoms with E-state index in [0.717, 1.165) is 0 Å². The first-order valence-electron chi connectivity index (χ1n) is 8.48. The van der Waals surface area contributed by atoms with E-state index in [-0.39, 0.29) is 24.4 Å². The van der Waals surface area contributed by atoms with E-state index < -0.39 is 28.5 Å². The maximum atomic E-state index is 12.6. The summed E-state index contributed by atoms with van der Waals surface area (Å²) in [5, 5.41) is 3.54. The highest BCUT2D eigenvalue weighted by Crippen LogP contribution is 2.30. The van der Waals surface area contributed by atoms with Crippen LogP contribution in [-0.4, -0.2) is 83.4 Å². The number of nitrogens with one attached hydrogen (secondary N) is 1. The van der Waals surface area contributed by atoms with Gasteiger partial charge < -0.3 is 15.1 Å². The van der Waals surface area contributed by atoms with Gasteiger partial charge in [-0.05, 0) is 25.7 Å². The molecule has 2 unspecified atom stereocenters. The number of amides is 4. The molecule has 146 valence electrons. The van der Waals surface area contributed by atoms with Gasteiger partial charge in [-0.1, -0.05) is 0 Å². The van der Waals surface area contributed by atoms with Gasteiger partial charge >= 0.3 is 16.4 Å². The number of hydroxylamine groups is 2. The predicted octanol–water partition coefficient (Wildman–Crippen LogP) is -0.883. The Labute approximate surface area is 151 Å². The van der Waals surface area contributed by atoms with Crippen molar-refractivity contribution in [1.29, 1.82) is 0 Å². The molecule has 0 aromatic carbocycles. The molecule has 3 saturated heterocycles. The summed E-state index contributed by atoms with van der Waals surface area (Å²) in [6.07, 6.45) is 2.05. The molecular formula is C14H22N4O7S. The normalized spacial score (nSPS) is 27.0. The standard InChI is InChI=1S/C14H22N4O7S/c1-9(19)16-6-4-10(5-7-16)15-13(20)12-3-2-11-8-17(12)14(21)18(11)25-26(22,23)24/h10-12H,2-8H2,1H3,(H,15,20)(H,22,23,24). The minimum atomic E-state index is -4.81. The maximum absolute atomic E-state index is 12.6.